The Kier molecular flexibility index (Phi) is 13.0. The summed E-state index contributed by atoms with van der Waals surface area (Å²) in [6.45, 7) is 7.24. The van der Waals surface area contributed by atoms with Gasteiger partial charge in [-0.25, -0.2) is 9.59 Å². The monoisotopic (exact) mass is 662 g/mol. The number of aliphatic carboxylic acids is 1. The molecule has 2 amide bonds. The Morgan fingerprint density at radius 2 is 1.15 bits per heavy atom. The Hall–Kier alpha value is -2.86. The van der Waals surface area contributed by atoms with Gasteiger partial charge in [-0.05, 0) is 56.2 Å². The topological polar surface area (TPSA) is 181 Å². The fraction of sp³-hybridized carbons (Fsp3) is 0.824. The highest BCUT2D eigenvalue weighted by Gasteiger charge is 2.52. The second kappa shape index (κ2) is 20.4. The summed E-state index contributed by atoms with van der Waals surface area (Å²) in [6, 6.07) is 0. The van der Waals surface area contributed by atoms with Crippen molar-refractivity contribution < 1.29 is 59.1 Å². The molecule has 0 aromatic heterocycles. The number of amides is 2. The predicted molar refractivity (Wildman–Crippen MR) is 172 cm³/mol. The number of carboxylic acids is 1. The Morgan fingerprint density at radius 3 is 1.50 bits per heavy atom. The number of Topliss-reactive ketones (excluding diaryl/α,β-unsaturated/α-hetero) is 2. The minimum atomic E-state index is -2.46. The smallest absolute Gasteiger partial charge is 0.338 e. The highest BCUT2D eigenvalue weighted by Crippen LogP contribution is 2.29. The van der Waals surface area contributed by atoms with Crippen LogP contribution in [0.1, 0.15) is 112 Å². The van der Waals surface area contributed by atoms with Crippen LogP contribution in [-0.2, 0) is 43.0 Å². The number of carbonyl (C=O) groups excluding carboxylic acids is 5. The van der Waals surface area contributed by atoms with Crippen LogP contribution in [0.5, 0.6) is 0 Å². The molecular formula is C34H58N2O10. The maximum absolute atomic E-state index is 12.5. The first-order valence-corrected chi connectivity index (χ1v) is 15.9. The lowest BCUT2D eigenvalue weighted by Gasteiger charge is -2.18. The van der Waals surface area contributed by atoms with E-state index in [2.05, 4.69) is 10.6 Å². The zero-order valence-corrected chi connectivity index (χ0v) is 28.1. The van der Waals surface area contributed by atoms with Crippen LogP contribution in [-0.4, -0.2) is 84.5 Å². The molecule has 0 bridgehead atoms. The van der Waals surface area contributed by atoms with Crippen molar-refractivity contribution >= 4 is 35.3 Å². The Morgan fingerprint density at radius 1 is 0.739 bits per heavy atom. The van der Waals surface area contributed by atoms with Crippen molar-refractivity contribution in [3.8, 4) is 0 Å². The van der Waals surface area contributed by atoms with Crippen LogP contribution in [0.2, 0.25) is 0 Å². The molecule has 8 atom stereocenters. The van der Waals surface area contributed by atoms with Gasteiger partial charge in [0.05, 0.1) is 6.61 Å². The molecule has 264 valence electrons. The minimum Gasteiger partial charge on any atom is -0.479 e. The van der Waals surface area contributed by atoms with E-state index in [1.165, 1.54) is 13.8 Å². The molecule has 0 radical (unpaired) electrons. The van der Waals surface area contributed by atoms with Crippen LogP contribution in [0, 0.1) is 35.5 Å². The second-order valence-corrected chi connectivity index (χ2v) is 12.7. The summed E-state index contributed by atoms with van der Waals surface area (Å²) < 4.78 is 74.5. The van der Waals surface area contributed by atoms with Gasteiger partial charge in [0.1, 0.15) is 0 Å². The quantitative estimate of drug-likeness (QED) is 0.121. The predicted octanol–water partition coefficient (Wildman–Crippen LogP) is 3.72. The van der Waals surface area contributed by atoms with Crippen LogP contribution in [0.3, 0.4) is 0 Å². The molecule has 12 nitrogen and oxygen atoms in total. The fourth-order valence-corrected chi connectivity index (χ4v) is 4.76. The van der Waals surface area contributed by atoms with Gasteiger partial charge in [-0.15, -0.1) is 0 Å². The number of esters is 1. The van der Waals surface area contributed by atoms with E-state index in [0.29, 0.717) is 12.8 Å². The summed E-state index contributed by atoms with van der Waals surface area (Å²) in [7, 11) is 0. The number of nitrogens with one attached hydrogen (secondary N) is 2. The van der Waals surface area contributed by atoms with Gasteiger partial charge in [0.2, 0.25) is 11.8 Å². The first-order chi connectivity index (χ1) is 24.6. The lowest BCUT2D eigenvalue weighted by Crippen LogP contribution is -2.35. The van der Waals surface area contributed by atoms with E-state index in [0.717, 1.165) is 0 Å². The molecule has 12 heteroatoms. The Labute approximate surface area is 285 Å². The molecule has 2 aliphatic heterocycles. The molecule has 46 heavy (non-hydrogen) atoms. The molecule has 2 unspecified atom stereocenters. The van der Waals surface area contributed by atoms with Crippen LogP contribution >= 0.6 is 0 Å². The van der Waals surface area contributed by atoms with Gasteiger partial charge in [0.25, 0.3) is 0 Å². The zero-order chi connectivity index (χ0) is 42.0. The normalized spacial score (nSPS) is 26.9. The number of carboxylic acid groups (broad SMARTS) is 1. The summed E-state index contributed by atoms with van der Waals surface area (Å²) >= 11 is 0. The largest absolute Gasteiger partial charge is 0.479 e. The van der Waals surface area contributed by atoms with Gasteiger partial charge in [0, 0.05) is 48.7 Å². The average molecular weight is 663 g/mol. The average Bonchev–Trinajstić information content (AvgIpc) is 3.93. The van der Waals surface area contributed by atoms with Crippen molar-refractivity contribution in [3.05, 3.63) is 0 Å². The number of ether oxygens (including phenoxy) is 3. The second-order valence-electron chi connectivity index (χ2n) is 12.7. The van der Waals surface area contributed by atoms with Crippen LogP contribution in [0.15, 0.2) is 0 Å². The van der Waals surface area contributed by atoms with Crippen molar-refractivity contribution in [1.82, 2.24) is 10.6 Å². The third-order valence-corrected chi connectivity index (χ3v) is 7.13. The van der Waals surface area contributed by atoms with Crippen molar-refractivity contribution in [3.63, 3.8) is 0 Å². The lowest BCUT2D eigenvalue weighted by atomic mass is 9.90. The number of ketones is 2. The van der Waals surface area contributed by atoms with Gasteiger partial charge >= 0.3 is 11.9 Å². The van der Waals surface area contributed by atoms with Crippen molar-refractivity contribution in [1.29, 1.82) is 0 Å². The molecule has 0 aromatic rings. The number of hydrogen-bond donors (Lipinski definition) is 3. The third kappa shape index (κ3) is 16.1. The van der Waals surface area contributed by atoms with Crippen molar-refractivity contribution in [2.75, 3.05) is 19.7 Å². The van der Waals surface area contributed by atoms with E-state index in [4.69, 9.17) is 30.3 Å². The Bertz CT molecular complexity index is 1320. The molecule has 0 saturated carbocycles. The van der Waals surface area contributed by atoms with Gasteiger partial charge in [-0.2, -0.15) is 0 Å². The van der Waals surface area contributed by atoms with Crippen molar-refractivity contribution in [2.45, 2.75) is 125 Å². The highest BCUT2D eigenvalue weighted by molar-refractivity contribution is 5.96. The van der Waals surface area contributed by atoms with E-state index in [1.807, 2.05) is 27.7 Å². The van der Waals surface area contributed by atoms with Crippen LogP contribution in [0.4, 0.5) is 0 Å². The number of rotatable bonds is 21. The molecule has 2 fully saturated rings. The molecule has 2 rings (SSSR count). The number of hydrogen-bond acceptors (Lipinski definition) is 9. The molecule has 2 heterocycles. The van der Waals surface area contributed by atoms with Crippen LogP contribution < -0.4 is 10.6 Å². The van der Waals surface area contributed by atoms with Crippen molar-refractivity contribution in [2.24, 2.45) is 35.5 Å². The molecule has 2 aliphatic rings. The van der Waals surface area contributed by atoms with Crippen LogP contribution in [0.25, 0.3) is 0 Å². The van der Waals surface area contributed by atoms with Gasteiger partial charge in [-0.1, -0.05) is 55.2 Å². The lowest BCUT2D eigenvalue weighted by molar-refractivity contribution is -0.144. The maximum atomic E-state index is 12.5. The molecular weight excluding hydrogens is 596 g/mol. The first kappa shape index (κ1) is 29.3. The summed E-state index contributed by atoms with van der Waals surface area (Å²) in [5.74, 6) is -7.60. The highest BCUT2D eigenvalue weighted by atomic mass is 16.6. The first-order valence-electron chi connectivity index (χ1n) is 19.9. The van der Waals surface area contributed by atoms with E-state index in [1.54, 1.807) is 6.92 Å². The molecule has 3 N–H and O–H groups in total. The van der Waals surface area contributed by atoms with Gasteiger partial charge in [-0.3, -0.25) is 19.2 Å². The summed E-state index contributed by atoms with van der Waals surface area (Å²) in [4.78, 5) is 71.7. The summed E-state index contributed by atoms with van der Waals surface area (Å²) in [5, 5.41) is 14.0. The third-order valence-electron chi connectivity index (χ3n) is 7.13. The number of epoxide rings is 2. The van der Waals surface area contributed by atoms with E-state index in [-0.39, 0.29) is 68.9 Å². The SMILES string of the molecule is [2H]C([2H])([2H])C([2H])(C)CCNC(=O)[C@@H](CC(=O)[C@H]1O[C@@H]1C(=O)O)CC(C)C.[2H]C([2H])([2H])C([2H])(C)CCNC(=O)[C@@H](CC(=O)[C@H]1O[C@@H]1C(=O)OCC)CC(C)C. The van der Waals surface area contributed by atoms with Gasteiger partial charge in [0.15, 0.2) is 36.0 Å². The number of carbonyl (C=O) groups is 6. The Balaban J connectivity index is 0.000000541. The maximum Gasteiger partial charge on any atom is 0.338 e. The van der Waals surface area contributed by atoms with E-state index >= 15 is 0 Å². The summed E-state index contributed by atoms with van der Waals surface area (Å²) in [5.41, 5.74) is 0. The standard InChI is InChI=1S/C18H31NO5.C16H27NO5/c1-6-23-18(22)16-15(24-16)14(20)10-13(9-12(4)5)17(21)19-8-7-11(2)3;1-9(2)5-6-17-15(19)11(7-10(3)4)8-12(18)13-14(22-13)16(20)21/h11-13,15-16H,6-10H2,1-5H3,(H,19,21);9-11,13-14H,5-8H2,1-4H3,(H,17,19)(H,20,21)/t13-,15-,16+;11-,13-,14+/m11/s1/i2D3,11D;1D3,9D/t11?,13-,15-,16+;9?,11-,13-,14+. The van der Waals surface area contributed by atoms with E-state index in [9.17, 15) is 28.8 Å². The van der Waals surface area contributed by atoms with Gasteiger partial charge < -0.3 is 30.0 Å². The molecule has 0 spiro atoms. The molecule has 2 saturated heterocycles. The fourth-order valence-electron chi connectivity index (χ4n) is 4.76. The summed E-state index contributed by atoms with van der Waals surface area (Å²) in [6.07, 6.45) is -3.27. The molecule has 0 aliphatic carbocycles. The van der Waals surface area contributed by atoms with E-state index < -0.39 is 85.4 Å². The minimum absolute atomic E-state index is 0.0116. The zero-order valence-electron chi connectivity index (χ0n) is 36.1. The molecule has 0 aromatic carbocycles.